The Hall–Kier alpha value is -1.39. The van der Waals surface area contributed by atoms with E-state index in [0.717, 1.165) is 38.9 Å². The Morgan fingerprint density at radius 1 is 1.38 bits per heavy atom. The Morgan fingerprint density at radius 2 is 2.10 bits per heavy atom. The molecular weight excluding hydrogens is 264 g/mol. The summed E-state index contributed by atoms with van der Waals surface area (Å²) in [6, 6.07) is 8.59. The first-order chi connectivity index (χ1) is 10.2. The van der Waals surface area contributed by atoms with Crippen LogP contribution in [0.1, 0.15) is 24.0 Å². The van der Waals surface area contributed by atoms with Crippen LogP contribution in [0.4, 0.5) is 0 Å². The summed E-state index contributed by atoms with van der Waals surface area (Å²) in [5.74, 6) is 0.290. The van der Waals surface area contributed by atoms with E-state index in [1.807, 2.05) is 7.05 Å². The van der Waals surface area contributed by atoms with E-state index in [9.17, 15) is 4.79 Å². The normalized spacial score (nSPS) is 21.4. The molecule has 4 heteroatoms. The third-order valence-corrected chi connectivity index (χ3v) is 4.95. The zero-order chi connectivity index (χ0) is 14.9. The van der Waals surface area contributed by atoms with Crippen LogP contribution in [-0.2, 0) is 22.5 Å². The number of carbonyl (C=O) groups is 1. The van der Waals surface area contributed by atoms with Crippen molar-refractivity contribution in [2.45, 2.75) is 31.3 Å². The van der Waals surface area contributed by atoms with Crippen molar-refractivity contribution in [3.63, 3.8) is 0 Å². The molecule has 1 aliphatic heterocycles. The van der Waals surface area contributed by atoms with Crippen LogP contribution < -0.4 is 5.32 Å². The SMILES string of the molecule is CNC(CN1CCc2ccccc2C1)(C(=O)OC)C1CC1. The van der Waals surface area contributed by atoms with Gasteiger partial charge in [-0.15, -0.1) is 0 Å². The molecule has 1 aromatic carbocycles. The number of benzene rings is 1. The monoisotopic (exact) mass is 288 g/mol. The molecule has 0 saturated heterocycles. The second-order valence-electron chi connectivity index (χ2n) is 6.22. The molecule has 1 N–H and O–H groups in total. The highest BCUT2D eigenvalue weighted by molar-refractivity contribution is 5.82. The van der Waals surface area contributed by atoms with Crippen LogP contribution in [0.15, 0.2) is 24.3 Å². The molecule has 1 aromatic rings. The fraction of sp³-hybridized carbons (Fsp3) is 0.588. The van der Waals surface area contributed by atoms with Gasteiger partial charge in [0.2, 0.25) is 0 Å². The van der Waals surface area contributed by atoms with E-state index in [2.05, 4.69) is 34.5 Å². The van der Waals surface area contributed by atoms with Gasteiger partial charge in [-0.1, -0.05) is 24.3 Å². The van der Waals surface area contributed by atoms with E-state index in [1.165, 1.54) is 18.2 Å². The fourth-order valence-electron chi connectivity index (χ4n) is 3.55. The standard InChI is InChI=1S/C17H24N2O2/c1-18-17(15-7-8-15,16(20)21-2)12-19-10-9-13-5-3-4-6-14(13)11-19/h3-6,15,18H,7-12H2,1-2H3. The van der Waals surface area contributed by atoms with Gasteiger partial charge in [0.25, 0.3) is 0 Å². The van der Waals surface area contributed by atoms with Gasteiger partial charge in [0.15, 0.2) is 0 Å². The smallest absolute Gasteiger partial charge is 0.327 e. The molecular formula is C17H24N2O2. The average Bonchev–Trinajstić information content (AvgIpc) is 3.37. The highest BCUT2D eigenvalue weighted by atomic mass is 16.5. The molecule has 3 rings (SSSR count). The quantitative estimate of drug-likeness (QED) is 0.836. The first kappa shape index (κ1) is 14.5. The van der Waals surface area contributed by atoms with Gasteiger partial charge in [-0.2, -0.15) is 0 Å². The van der Waals surface area contributed by atoms with E-state index in [0.29, 0.717) is 5.92 Å². The molecule has 0 radical (unpaired) electrons. The lowest BCUT2D eigenvalue weighted by molar-refractivity contribution is -0.150. The summed E-state index contributed by atoms with van der Waals surface area (Å²) in [7, 11) is 3.37. The van der Waals surface area contributed by atoms with Gasteiger partial charge in [-0.25, -0.2) is 4.79 Å². The van der Waals surface area contributed by atoms with Gasteiger partial charge in [0.05, 0.1) is 7.11 Å². The maximum absolute atomic E-state index is 12.4. The summed E-state index contributed by atoms with van der Waals surface area (Å²) in [6.07, 6.45) is 3.28. The van der Waals surface area contributed by atoms with Crippen molar-refractivity contribution in [2.24, 2.45) is 5.92 Å². The Bertz CT molecular complexity index is 527. The van der Waals surface area contributed by atoms with Gasteiger partial charge in [-0.05, 0) is 43.4 Å². The summed E-state index contributed by atoms with van der Waals surface area (Å²) in [4.78, 5) is 14.7. The summed E-state index contributed by atoms with van der Waals surface area (Å²) < 4.78 is 5.09. The number of carbonyl (C=O) groups excluding carboxylic acids is 1. The molecule has 0 aromatic heterocycles. The van der Waals surface area contributed by atoms with Gasteiger partial charge >= 0.3 is 5.97 Å². The van der Waals surface area contributed by atoms with E-state index >= 15 is 0 Å². The Labute approximate surface area is 126 Å². The molecule has 114 valence electrons. The summed E-state index contributed by atoms with van der Waals surface area (Å²) in [6.45, 7) is 2.66. The predicted octanol–water partition coefficient (Wildman–Crippen LogP) is 1.59. The summed E-state index contributed by atoms with van der Waals surface area (Å²) in [5.41, 5.74) is 2.28. The van der Waals surface area contributed by atoms with Crippen molar-refractivity contribution in [1.82, 2.24) is 10.2 Å². The van der Waals surface area contributed by atoms with Crippen molar-refractivity contribution >= 4 is 5.97 Å². The molecule has 0 amide bonds. The largest absolute Gasteiger partial charge is 0.468 e. The number of ether oxygens (including phenoxy) is 1. The zero-order valence-corrected chi connectivity index (χ0v) is 12.9. The lowest BCUT2D eigenvalue weighted by atomic mass is 9.90. The van der Waals surface area contributed by atoms with Crippen molar-refractivity contribution in [2.75, 3.05) is 27.2 Å². The van der Waals surface area contributed by atoms with Gasteiger partial charge in [0.1, 0.15) is 5.54 Å². The first-order valence-electron chi connectivity index (χ1n) is 7.76. The Kier molecular flexibility index (Phi) is 4.00. The second-order valence-corrected chi connectivity index (χ2v) is 6.22. The van der Waals surface area contributed by atoms with Crippen molar-refractivity contribution in [1.29, 1.82) is 0 Å². The number of nitrogens with one attached hydrogen (secondary N) is 1. The van der Waals surface area contributed by atoms with Crippen molar-refractivity contribution < 1.29 is 9.53 Å². The predicted molar refractivity (Wildman–Crippen MR) is 82.0 cm³/mol. The summed E-state index contributed by atoms with van der Waals surface area (Å²) >= 11 is 0. The minimum absolute atomic E-state index is 0.119. The first-order valence-corrected chi connectivity index (χ1v) is 7.76. The summed E-state index contributed by atoms with van der Waals surface area (Å²) in [5, 5.41) is 3.28. The fourth-order valence-corrected chi connectivity index (χ4v) is 3.55. The van der Waals surface area contributed by atoms with E-state index in [-0.39, 0.29) is 5.97 Å². The molecule has 4 nitrogen and oxygen atoms in total. The molecule has 1 saturated carbocycles. The van der Waals surface area contributed by atoms with Gasteiger partial charge < -0.3 is 10.1 Å². The van der Waals surface area contributed by atoms with Crippen LogP contribution >= 0.6 is 0 Å². The molecule has 21 heavy (non-hydrogen) atoms. The lowest BCUT2D eigenvalue weighted by Gasteiger charge is -2.38. The zero-order valence-electron chi connectivity index (χ0n) is 12.9. The molecule has 0 bridgehead atoms. The number of esters is 1. The molecule has 1 atom stereocenters. The van der Waals surface area contributed by atoms with Crippen molar-refractivity contribution in [3.8, 4) is 0 Å². The van der Waals surface area contributed by atoms with E-state index in [1.54, 1.807) is 0 Å². The third-order valence-electron chi connectivity index (χ3n) is 4.95. The molecule has 0 spiro atoms. The molecule has 1 aliphatic carbocycles. The number of rotatable bonds is 5. The van der Waals surface area contributed by atoms with Gasteiger partial charge in [-0.3, -0.25) is 4.90 Å². The number of hydrogen-bond donors (Lipinski definition) is 1. The maximum Gasteiger partial charge on any atom is 0.327 e. The van der Waals surface area contributed by atoms with Crippen LogP contribution in [0.5, 0.6) is 0 Å². The minimum atomic E-state index is -0.541. The second kappa shape index (κ2) is 5.78. The number of fused-ring (bicyclic) bond motifs is 1. The van der Waals surface area contributed by atoms with Crippen LogP contribution in [0.3, 0.4) is 0 Å². The lowest BCUT2D eigenvalue weighted by Crippen LogP contribution is -2.60. The average molecular weight is 288 g/mol. The molecule has 1 unspecified atom stereocenters. The Balaban J connectivity index is 1.77. The number of nitrogens with zero attached hydrogens (tertiary/aromatic N) is 1. The van der Waals surface area contributed by atoms with Crippen molar-refractivity contribution in [3.05, 3.63) is 35.4 Å². The third kappa shape index (κ3) is 2.70. The minimum Gasteiger partial charge on any atom is -0.468 e. The van der Waals surface area contributed by atoms with Crippen LogP contribution in [0, 0.1) is 5.92 Å². The number of methoxy groups -OCH3 is 1. The number of likely N-dealkylation sites (N-methyl/N-ethyl adjacent to an activating group) is 1. The molecule has 1 fully saturated rings. The van der Waals surface area contributed by atoms with Crippen LogP contribution in [-0.4, -0.2) is 43.7 Å². The van der Waals surface area contributed by atoms with E-state index < -0.39 is 5.54 Å². The van der Waals surface area contributed by atoms with Crippen LogP contribution in [0.2, 0.25) is 0 Å². The Morgan fingerprint density at radius 3 is 2.71 bits per heavy atom. The molecule has 2 aliphatic rings. The van der Waals surface area contributed by atoms with E-state index in [4.69, 9.17) is 4.74 Å². The maximum atomic E-state index is 12.4. The van der Waals surface area contributed by atoms with Crippen LogP contribution in [0.25, 0.3) is 0 Å². The highest BCUT2D eigenvalue weighted by Crippen LogP contribution is 2.41. The highest BCUT2D eigenvalue weighted by Gasteiger charge is 2.51. The topological polar surface area (TPSA) is 41.6 Å². The molecule has 1 heterocycles. The number of hydrogen-bond acceptors (Lipinski definition) is 4. The van der Waals surface area contributed by atoms with Gasteiger partial charge in [0, 0.05) is 19.6 Å².